The molecule has 1 aromatic carbocycles. The smallest absolute Gasteiger partial charge is 0.411 e. The highest BCUT2D eigenvalue weighted by atomic mass is 19.1. The van der Waals surface area contributed by atoms with Crippen molar-refractivity contribution >= 4 is 35.4 Å². The molecule has 2 aromatic rings. The van der Waals surface area contributed by atoms with Crippen molar-refractivity contribution in [1.29, 1.82) is 0 Å². The molecular formula is C19H21FN4O7. The van der Waals surface area contributed by atoms with Gasteiger partial charge in [-0.1, -0.05) is 12.1 Å². The molecule has 0 saturated heterocycles. The van der Waals surface area contributed by atoms with Gasteiger partial charge in [-0.25, -0.2) is 23.8 Å². The minimum atomic E-state index is -1.66. The van der Waals surface area contributed by atoms with Gasteiger partial charge in [0.25, 0.3) is 0 Å². The Bertz CT molecular complexity index is 964. The molecule has 11 nitrogen and oxygen atoms in total. The second-order valence-corrected chi connectivity index (χ2v) is 5.78. The summed E-state index contributed by atoms with van der Waals surface area (Å²) >= 11 is 0. The minimum Gasteiger partial charge on any atom is -0.502 e. The van der Waals surface area contributed by atoms with Gasteiger partial charge in [0.2, 0.25) is 5.76 Å². The van der Waals surface area contributed by atoms with Crippen molar-refractivity contribution < 1.29 is 39.2 Å². The number of rotatable bonds is 7. The van der Waals surface area contributed by atoms with Crippen molar-refractivity contribution in [2.75, 3.05) is 22.5 Å². The van der Waals surface area contributed by atoms with Crippen molar-refractivity contribution in [3.8, 4) is 0 Å². The number of aliphatic hydroxyl groups excluding tert-OH is 1. The average Bonchev–Trinajstić information content (AvgIpc) is 2.69. The molecule has 0 aliphatic carbocycles. The quantitative estimate of drug-likeness (QED) is 0.278. The Kier molecular flexibility index (Phi) is 9.24. The van der Waals surface area contributed by atoms with E-state index in [0.29, 0.717) is 18.1 Å². The summed E-state index contributed by atoms with van der Waals surface area (Å²) in [5.74, 6) is -3.96. The van der Waals surface area contributed by atoms with Gasteiger partial charge < -0.3 is 31.5 Å². The third-order valence-corrected chi connectivity index (χ3v) is 3.61. The zero-order chi connectivity index (χ0) is 23.6. The number of aliphatic hydroxyl groups is 1. The number of nitrogens with two attached hydrogens (primary N) is 1. The predicted molar refractivity (Wildman–Crippen MR) is 109 cm³/mol. The molecule has 7 N–H and O–H groups in total. The number of carbonyl (C=O) groups is 3. The first-order chi connectivity index (χ1) is 14.5. The number of hydrogen-bond donors (Lipinski definition) is 6. The lowest BCUT2D eigenvalue weighted by molar-refractivity contribution is -0.137. The molecule has 0 fully saturated rings. The van der Waals surface area contributed by atoms with E-state index in [4.69, 9.17) is 26.2 Å². The second-order valence-electron chi connectivity index (χ2n) is 5.78. The number of pyridine rings is 1. The number of nitrogen functional groups attached to an aromatic ring is 1. The molecule has 0 saturated carbocycles. The summed E-state index contributed by atoms with van der Waals surface area (Å²) < 4.78 is 12.8. The summed E-state index contributed by atoms with van der Waals surface area (Å²) in [5, 5.41) is 36.0. The van der Waals surface area contributed by atoms with Crippen LogP contribution >= 0.6 is 0 Å². The fraction of sp³-hybridized carbons (Fsp3) is 0.158. The van der Waals surface area contributed by atoms with E-state index in [-0.39, 0.29) is 24.3 Å². The number of halogens is 1. The maximum absolute atomic E-state index is 12.8. The summed E-state index contributed by atoms with van der Waals surface area (Å²) in [5.41, 5.74) is 7.06. The molecule has 2 rings (SSSR count). The lowest BCUT2D eigenvalue weighted by Gasteiger charge is -2.19. The van der Waals surface area contributed by atoms with Gasteiger partial charge >= 0.3 is 18.0 Å². The van der Waals surface area contributed by atoms with E-state index in [9.17, 15) is 18.8 Å². The Labute approximate surface area is 175 Å². The number of aliphatic carboxylic acids is 2. The molecule has 0 spiro atoms. The summed E-state index contributed by atoms with van der Waals surface area (Å²) in [4.78, 5) is 35.6. The van der Waals surface area contributed by atoms with Crippen LogP contribution in [0.15, 0.2) is 48.2 Å². The van der Waals surface area contributed by atoms with Gasteiger partial charge in [-0.2, -0.15) is 0 Å². The summed E-state index contributed by atoms with van der Waals surface area (Å²) in [6.07, 6.45) is -0.884. The van der Waals surface area contributed by atoms with Crippen LogP contribution in [0.3, 0.4) is 0 Å². The number of nitrogens with zero attached hydrogens (tertiary/aromatic N) is 2. The molecule has 0 aliphatic heterocycles. The third-order valence-electron chi connectivity index (χ3n) is 3.61. The maximum atomic E-state index is 12.8. The highest BCUT2D eigenvalue weighted by molar-refractivity contribution is 5.92. The number of benzene rings is 1. The molecule has 166 valence electrons. The Balaban J connectivity index is 0.000000452. The van der Waals surface area contributed by atoms with Crippen LogP contribution < -0.4 is 16.0 Å². The first-order valence-corrected chi connectivity index (χ1v) is 8.67. The molecule has 1 heterocycles. The van der Waals surface area contributed by atoms with Crippen LogP contribution in [0.25, 0.3) is 0 Å². The lowest BCUT2D eigenvalue weighted by atomic mass is 10.2. The molecule has 0 radical (unpaired) electrons. The zero-order valence-corrected chi connectivity index (χ0v) is 16.3. The Morgan fingerprint density at radius 2 is 1.71 bits per heavy atom. The van der Waals surface area contributed by atoms with Crippen LogP contribution in [-0.2, 0) is 16.1 Å². The molecular weight excluding hydrogens is 415 g/mol. The van der Waals surface area contributed by atoms with Gasteiger partial charge in [-0.05, 0) is 36.8 Å². The second kappa shape index (κ2) is 11.6. The predicted octanol–water partition coefficient (Wildman–Crippen LogP) is 2.52. The topological polar surface area (TPSA) is 186 Å². The van der Waals surface area contributed by atoms with Crippen molar-refractivity contribution in [2.45, 2.75) is 13.5 Å². The minimum absolute atomic E-state index is 0.133. The van der Waals surface area contributed by atoms with Gasteiger partial charge in [0, 0.05) is 13.1 Å². The summed E-state index contributed by atoms with van der Waals surface area (Å²) in [7, 11) is 0. The Morgan fingerprint density at radius 1 is 1.10 bits per heavy atom. The number of anilines is 3. The number of carboxylic acids is 2. The maximum Gasteiger partial charge on any atom is 0.411 e. The van der Waals surface area contributed by atoms with Gasteiger partial charge in [-0.15, -0.1) is 0 Å². The summed E-state index contributed by atoms with van der Waals surface area (Å²) in [6, 6.07) is 9.36. The molecule has 1 aromatic heterocycles. The monoisotopic (exact) mass is 436 g/mol. The van der Waals surface area contributed by atoms with E-state index < -0.39 is 23.8 Å². The molecule has 1 amide bonds. The largest absolute Gasteiger partial charge is 0.502 e. The van der Waals surface area contributed by atoms with E-state index in [1.165, 1.54) is 12.1 Å². The first kappa shape index (κ1) is 24.7. The van der Waals surface area contributed by atoms with Gasteiger partial charge in [0.1, 0.15) is 17.5 Å². The van der Waals surface area contributed by atoms with Crippen LogP contribution in [0.4, 0.5) is 26.5 Å². The summed E-state index contributed by atoms with van der Waals surface area (Å²) in [6.45, 7) is 2.46. The number of nitrogens with one attached hydrogen (secondary N) is 1. The van der Waals surface area contributed by atoms with E-state index in [0.717, 1.165) is 10.5 Å². The van der Waals surface area contributed by atoms with Crippen LogP contribution in [0.2, 0.25) is 0 Å². The molecule has 0 atom stereocenters. The van der Waals surface area contributed by atoms with Crippen molar-refractivity contribution in [3.63, 3.8) is 0 Å². The van der Waals surface area contributed by atoms with E-state index in [1.54, 1.807) is 31.2 Å². The number of aromatic nitrogens is 1. The van der Waals surface area contributed by atoms with E-state index >= 15 is 0 Å². The standard InChI is InChI=1S/C15H17FN4O2.C4H4O5/c1-2-20(15(21)22)12-7-8-13(19-14(12)17)18-9-10-3-5-11(16)6-4-10;5-2(4(8)9)1-3(6)7/h3-8H,2,9H2,1H3,(H,21,22)(H3,17,18,19);1,5H,(H,6,7)(H,8,9). The Morgan fingerprint density at radius 3 is 2.13 bits per heavy atom. The molecule has 31 heavy (non-hydrogen) atoms. The first-order valence-electron chi connectivity index (χ1n) is 8.67. The number of amides is 1. The normalized spacial score (nSPS) is 10.5. The third kappa shape index (κ3) is 8.27. The van der Waals surface area contributed by atoms with Crippen molar-refractivity contribution in [2.24, 2.45) is 0 Å². The van der Waals surface area contributed by atoms with Crippen LogP contribution in [-0.4, -0.2) is 50.0 Å². The molecule has 0 aliphatic rings. The highest BCUT2D eigenvalue weighted by Gasteiger charge is 2.16. The molecule has 12 heteroatoms. The highest BCUT2D eigenvalue weighted by Crippen LogP contribution is 2.23. The van der Waals surface area contributed by atoms with Crippen LogP contribution in [0, 0.1) is 5.82 Å². The van der Waals surface area contributed by atoms with Crippen molar-refractivity contribution in [1.82, 2.24) is 4.98 Å². The zero-order valence-electron chi connectivity index (χ0n) is 16.3. The number of carboxylic acid groups (broad SMARTS) is 3. The lowest BCUT2D eigenvalue weighted by Crippen LogP contribution is -2.29. The van der Waals surface area contributed by atoms with Gasteiger partial charge in [-0.3, -0.25) is 4.90 Å². The Hall–Kier alpha value is -4.35. The number of hydrogen-bond acceptors (Lipinski definition) is 7. The average molecular weight is 436 g/mol. The SMILES string of the molecule is CCN(C(=O)O)c1ccc(NCc2ccc(F)cc2)nc1N.O=C(O)C=C(O)C(=O)O. The van der Waals surface area contributed by atoms with Gasteiger partial charge in [0.15, 0.2) is 0 Å². The molecule has 0 bridgehead atoms. The van der Waals surface area contributed by atoms with Crippen molar-refractivity contribution in [3.05, 3.63) is 59.6 Å². The molecule has 0 unspecified atom stereocenters. The van der Waals surface area contributed by atoms with Crippen LogP contribution in [0.1, 0.15) is 12.5 Å². The fourth-order valence-corrected chi connectivity index (χ4v) is 2.18. The van der Waals surface area contributed by atoms with Gasteiger partial charge in [0.05, 0.1) is 11.8 Å². The fourth-order valence-electron chi connectivity index (χ4n) is 2.18. The van der Waals surface area contributed by atoms with Crippen LogP contribution in [0.5, 0.6) is 0 Å². The van der Waals surface area contributed by atoms with E-state index in [2.05, 4.69) is 10.3 Å². The van der Waals surface area contributed by atoms with E-state index in [1.807, 2.05) is 0 Å².